The molecule has 1 N–H and O–H groups in total. The van der Waals surface area contributed by atoms with Crippen molar-refractivity contribution in [1.82, 2.24) is 15.1 Å². The molecule has 0 amide bonds. The summed E-state index contributed by atoms with van der Waals surface area (Å²) in [6.45, 7) is 11.7. The molecule has 0 bridgehead atoms. The fourth-order valence-electron chi connectivity index (χ4n) is 1.41. The Balaban J connectivity index is 2.59. The van der Waals surface area contributed by atoms with E-state index in [4.69, 9.17) is 0 Å². The molecule has 0 spiro atoms. The Morgan fingerprint density at radius 1 is 1.44 bits per heavy atom. The van der Waals surface area contributed by atoms with Gasteiger partial charge in [0.1, 0.15) is 0 Å². The first kappa shape index (κ1) is 13.0. The third kappa shape index (κ3) is 4.19. The van der Waals surface area contributed by atoms with Crippen LogP contribution in [0.4, 0.5) is 0 Å². The highest BCUT2D eigenvalue weighted by Gasteiger charge is 2.00. The Hall–Kier alpha value is -1.09. The van der Waals surface area contributed by atoms with Gasteiger partial charge in [-0.2, -0.15) is 5.10 Å². The highest BCUT2D eigenvalue weighted by atomic mass is 15.3. The van der Waals surface area contributed by atoms with E-state index in [0.29, 0.717) is 12.1 Å². The first-order chi connectivity index (χ1) is 7.49. The highest BCUT2D eigenvalue weighted by Crippen LogP contribution is 2.09. The number of rotatable bonds is 5. The summed E-state index contributed by atoms with van der Waals surface area (Å²) in [5, 5.41) is 7.72. The van der Waals surface area contributed by atoms with Gasteiger partial charge in [0.2, 0.25) is 0 Å². The minimum Gasteiger partial charge on any atom is -0.311 e. The van der Waals surface area contributed by atoms with E-state index in [9.17, 15) is 0 Å². The summed E-state index contributed by atoms with van der Waals surface area (Å²) < 4.78 is 1.98. The largest absolute Gasteiger partial charge is 0.311 e. The molecule has 0 radical (unpaired) electrons. The normalized spacial score (nSPS) is 12.8. The zero-order valence-electron chi connectivity index (χ0n) is 11.0. The fraction of sp³-hybridized carbons (Fsp3) is 0.615. The summed E-state index contributed by atoms with van der Waals surface area (Å²) in [6.07, 6.45) is 6.18. The summed E-state index contributed by atoms with van der Waals surface area (Å²) >= 11 is 0. The van der Waals surface area contributed by atoms with Crippen molar-refractivity contribution in [3.8, 4) is 0 Å². The average Bonchev–Trinajstić information content (AvgIpc) is 2.63. The second kappa shape index (κ2) is 5.85. The molecule has 1 aromatic rings. The number of hydrogen-bond donors (Lipinski definition) is 1. The second-order valence-corrected chi connectivity index (χ2v) is 4.87. The molecule has 0 aliphatic carbocycles. The topological polar surface area (TPSA) is 29.9 Å². The molecule has 1 rings (SSSR count). The molecular weight excluding hydrogens is 198 g/mol. The van der Waals surface area contributed by atoms with Crippen LogP contribution in [0.1, 0.15) is 46.2 Å². The van der Waals surface area contributed by atoms with Crippen LogP contribution in [-0.4, -0.2) is 22.4 Å². The van der Waals surface area contributed by atoms with Gasteiger partial charge in [0.05, 0.1) is 6.20 Å². The number of nitrogens with zero attached hydrogens (tertiary/aromatic N) is 2. The van der Waals surface area contributed by atoms with Gasteiger partial charge >= 0.3 is 0 Å². The summed E-state index contributed by atoms with van der Waals surface area (Å²) in [7, 11) is 0. The van der Waals surface area contributed by atoms with Crippen molar-refractivity contribution in [2.24, 2.45) is 0 Å². The van der Waals surface area contributed by atoms with E-state index >= 15 is 0 Å². The smallest absolute Gasteiger partial charge is 0.0562 e. The molecule has 16 heavy (non-hydrogen) atoms. The minimum absolute atomic E-state index is 0.427. The van der Waals surface area contributed by atoms with E-state index in [-0.39, 0.29) is 0 Å². The maximum Gasteiger partial charge on any atom is 0.0562 e. The molecule has 3 heteroatoms. The molecule has 0 saturated carbocycles. The number of hydrogen-bond acceptors (Lipinski definition) is 2. The average molecular weight is 221 g/mol. The lowest BCUT2D eigenvalue weighted by molar-refractivity contribution is 0.532. The van der Waals surface area contributed by atoms with Crippen molar-refractivity contribution in [3.05, 3.63) is 23.5 Å². The van der Waals surface area contributed by atoms with Crippen molar-refractivity contribution in [2.45, 2.75) is 46.7 Å². The van der Waals surface area contributed by atoms with Crippen LogP contribution < -0.4 is 5.32 Å². The van der Waals surface area contributed by atoms with Crippen LogP contribution in [0, 0.1) is 0 Å². The van der Waals surface area contributed by atoms with Crippen molar-refractivity contribution < 1.29 is 0 Å². The predicted molar refractivity (Wildman–Crippen MR) is 69.4 cm³/mol. The van der Waals surface area contributed by atoms with E-state index in [0.717, 1.165) is 6.54 Å². The number of nitrogens with one attached hydrogen (secondary N) is 1. The molecule has 0 aliphatic rings. The zero-order chi connectivity index (χ0) is 12.1. The molecule has 1 aromatic heterocycles. The molecule has 0 saturated heterocycles. The van der Waals surface area contributed by atoms with E-state index in [1.165, 1.54) is 11.1 Å². The molecule has 0 atom stereocenters. The Morgan fingerprint density at radius 2 is 2.12 bits per heavy atom. The second-order valence-electron chi connectivity index (χ2n) is 4.87. The predicted octanol–water partition coefficient (Wildman–Crippen LogP) is 2.87. The third-order valence-electron chi connectivity index (χ3n) is 2.35. The van der Waals surface area contributed by atoms with Crippen LogP contribution in [0.2, 0.25) is 0 Å². The maximum absolute atomic E-state index is 4.32. The van der Waals surface area contributed by atoms with Gasteiger partial charge in [-0.15, -0.1) is 0 Å². The lowest BCUT2D eigenvalue weighted by Crippen LogP contribution is -2.24. The summed E-state index contributed by atoms with van der Waals surface area (Å²) in [5.74, 6) is 0. The SMILES string of the molecule is CC(=Cc1cnn(C(C)C)c1)CNC(C)C. The van der Waals surface area contributed by atoms with Gasteiger partial charge in [0, 0.05) is 30.4 Å². The van der Waals surface area contributed by atoms with Gasteiger partial charge in [0.15, 0.2) is 0 Å². The van der Waals surface area contributed by atoms with E-state index in [1.807, 2.05) is 10.9 Å². The Morgan fingerprint density at radius 3 is 2.62 bits per heavy atom. The summed E-state index contributed by atoms with van der Waals surface area (Å²) in [5.41, 5.74) is 2.51. The Labute approximate surface area is 98.5 Å². The molecule has 90 valence electrons. The molecular formula is C13H23N3. The lowest BCUT2D eigenvalue weighted by Gasteiger charge is -2.07. The van der Waals surface area contributed by atoms with Gasteiger partial charge in [0.25, 0.3) is 0 Å². The van der Waals surface area contributed by atoms with Gasteiger partial charge in [-0.05, 0) is 20.8 Å². The lowest BCUT2D eigenvalue weighted by atomic mass is 10.2. The quantitative estimate of drug-likeness (QED) is 0.828. The van der Waals surface area contributed by atoms with E-state index in [2.05, 4.69) is 57.3 Å². The van der Waals surface area contributed by atoms with Crippen LogP contribution in [0.3, 0.4) is 0 Å². The van der Waals surface area contributed by atoms with Crippen molar-refractivity contribution >= 4 is 6.08 Å². The van der Waals surface area contributed by atoms with Crippen molar-refractivity contribution in [1.29, 1.82) is 0 Å². The number of aromatic nitrogens is 2. The van der Waals surface area contributed by atoms with Crippen molar-refractivity contribution in [2.75, 3.05) is 6.54 Å². The van der Waals surface area contributed by atoms with Crippen LogP contribution in [0.5, 0.6) is 0 Å². The monoisotopic (exact) mass is 221 g/mol. The Kier molecular flexibility index (Phi) is 4.74. The molecule has 0 aromatic carbocycles. The third-order valence-corrected chi connectivity index (χ3v) is 2.35. The van der Waals surface area contributed by atoms with Crippen LogP contribution >= 0.6 is 0 Å². The summed E-state index contributed by atoms with van der Waals surface area (Å²) in [4.78, 5) is 0. The van der Waals surface area contributed by atoms with Crippen LogP contribution in [-0.2, 0) is 0 Å². The van der Waals surface area contributed by atoms with Gasteiger partial charge in [-0.25, -0.2) is 0 Å². The maximum atomic E-state index is 4.32. The van der Waals surface area contributed by atoms with Crippen LogP contribution in [0.15, 0.2) is 18.0 Å². The van der Waals surface area contributed by atoms with Gasteiger partial charge in [-0.3, -0.25) is 4.68 Å². The van der Waals surface area contributed by atoms with E-state index in [1.54, 1.807) is 0 Å². The molecule has 0 aliphatic heterocycles. The molecule has 0 fully saturated rings. The van der Waals surface area contributed by atoms with Gasteiger partial charge < -0.3 is 5.32 Å². The van der Waals surface area contributed by atoms with Crippen molar-refractivity contribution in [3.63, 3.8) is 0 Å². The fourth-order valence-corrected chi connectivity index (χ4v) is 1.41. The molecule has 0 unspecified atom stereocenters. The van der Waals surface area contributed by atoms with E-state index < -0.39 is 0 Å². The molecule has 1 heterocycles. The van der Waals surface area contributed by atoms with Gasteiger partial charge in [-0.1, -0.05) is 25.5 Å². The first-order valence-corrected chi connectivity index (χ1v) is 5.93. The standard InChI is InChI=1S/C13H23N3/c1-10(2)14-7-12(5)6-13-8-15-16(9-13)11(3)4/h6,8-11,14H,7H2,1-5H3. The highest BCUT2D eigenvalue weighted by molar-refractivity contribution is 5.50. The molecule has 3 nitrogen and oxygen atoms in total. The first-order valence-electron chi connectivity index (χ1n) is 5.93. The summed E-state index contributed by atoms with van der Waals surface area (Å²) in [6, 6.07) is 0.956. The van der Waals surface area contributed by atoms with Crippen LogP contribution in [0.25, 0.3) is 6.08 Å². The minimum atomic E-state index is 0.427. The zero-order valence-corrected chi connectivity index (χ0v) is 11.0. The Bertz CT molecular complexity index is 348.